The van der Waals surface area contributed by atoms with Crippen LogP contribution >= 0.6 is 0 Å². The number of rotatable bonds is 4. The maximum atomic E-state index is 2.48. The predicted octanol–water partition coefficient (Wildman–Crippen LogP) is 6.13. The molecule has 1 spiro atoms. The van der Waals surface area contributed by atoms with E-state index in [4.69, 9.17) is 0 Å². The number of allylic oxidation sites excluding steroid dienone is 8. The van der Waals surface area contributed by atoms with E-state index in [9.17, 15) is 0 Å². The molecule has 0 N–H and O–H groups in total. The highest BCUT2D eigenvalue weighted by atomic mass is 14.5. The highest BCUT2D eigenvalue weighted by Crippen LogP contribution is 2.56. The largest absolute Gasteiger partial charge is 0.0718 e. The molecule has 0 saturated carbocycles. The molecule has 0 radical (unpaired) electrons. The molecule has 104 valence electrons. The molecule has 0 saturated heterocycles. The smallest absolute Gasteiger partial charge is 0.0352 e. The van der Waals surface area contributed by atoms with Gasteiger partial charge in [0, 0.05) is 5.41 Å². The molecule has 0 aromatic rings. The van der Waals surface area contributed by atoms with Crippen LogP contribution in [0, 0.1) is 5.41 Å². The first kappa shape index (κ1) is 14.4. The highest BCUT2D eigenvalue weighted by molar-refractivity contribution is 5.58. The van der Waals surface area contributed by atoms with Gasteiger partial charge in [-0.25, -0.2) is 0 Å². The molecule has 2 aliphatic carbocycles. The zero-order valence-corrected chi connectivity index (χ0v) is 13.3. The molecule has 0 unspecified atom stereocenters. The number of hydrogen-bond donors (Lipinski definition) is 0. The van der Waals surface area contributed by atoms with Crippen LogP contribution in [0.3, 0.4) is 0 Å². The Bertz CT molecular complexity index is 452. The van der Waals surface area contributed by atoms with Crippen LogP contribution in [0.4, 0.5) is 0 Å². The molecule has 0 aromatic carbocycles. The van der Waals surface area contributed by atoms with Crippen LogP contribution in [0.1, 0.15) is 66.7 Å². The average Bonchev–Trinajstić information content (AvgIpc) is 2.66. The summed E-state index contributed by atoms with van der Waals surface area (Å²) in [4.78, 5) is 0. The van der Waals surface area contributed by atoms with Crippen LogP contribution in [0.2, 0.25) is 0 Å². The molecular formula is C19H28. The van der Waals surface area contributed by atoms with Gasteiger partial charge >= 0.3 is 0 Å². The summed E-state index contributed by atoms with van der Waals surface area (Å²) in [5.74, 6) is 0. The van der Waals surface area contributed by atoms with Gasteiger partial charge in [-0.3, -0.25) is 0 Å². The van der Waals surface area contributed by atoms with Crippen molar-refractivity contribution in [1.82, 2.24) is 0 Å². The summed E-state index contributed by atoms with van der Waals surface area (Å²) in [6.45, 7) is 11.6. The molecule has 0 aromatic heterocycles. The molecule has 0 heteroatoms. The quantitative estimate of drug-likeness (QED) is 0.568. The van der Waals surface area contributed by atoms with Gasteiger partial charge < -0.3 is 0 Å². The van der Waals surface area contributed by atoms with Crippen LogP contribution in [-0.2, 0) is 0 Å². The minimum Gasteiger partial charge on any atom is -0.0718 e. The summed E-state index contributed by atoms with van der Waals surface area (Å²) in [6, 6.07) is 0. The van der Waals surface area contributed by atoms with Gasteiger partial charge in [0.2, 0.25) is 0 Å². The standard InChI is InChI=1S/C19H28/c1-6-15-16(7-2)18(9-4)19(17(15)8-3)12-10-11-14(5)13-19/h10-12H,6-9,13H2,1-5H3. The van der Waals surface area contributed by atoms with Gasteiger partial charge in [0.1, 0.15) is 0 Å². The van der Waals surface area contributed by atoms with Crippen LogP contribution in [0.15, 0.2) is 46.1 Å². The Hall–Kier alpha value is -1.04. The first-order valence-corrected chi connectivity index (χ1v) is 7.94. The molecule has 0 heterocycles. The Morgan fingerprint density at radius 1 is 0.895 bits per heavy atom. The molecule has 19 heavy (non-hydrogen) atoms. The van der Waals surface area contributed by atoms with E-state index in [1.54, 1.807) is 22.3 Å². The fourth-order valence-corrected chi connectivity index (χ4v) is 4.35. The van der Waals surface area contributed by atoms with Gasteiger partial charge in [-0.1, -0.05) is 62.6 Å². The molecule has 0 nitrogen and oxygen atoms in total. The van der Waals surface area contributed by atoms with Crippen molar-refractivity contribution in [3.63, 3.8) is 0 Å². The summed E-state index contributed by atoms with van der Waals surface area (Å²) in [7, 11) is 0. The van der Waals surface area contributed by atoms with Crippen molar-refractivity contribution in [3.8, 4) is 0 Å². The lowest BCUT2D eigenvalue weighted by Crippen LogP contribution is -2.23. The SMILES string of the molecule is CCC1=C(CC)C2(C=CC=C(C)C2)C(CC)=C1CC. The van der Waals surface area contributed by atoms with Gasteiger partial charge in [-0.2, -0.15) is 0 Å². The molecule has 2 rings (SSSR count). The monoisotopic (exact) mass is 256 g/mol. The fraction of sp³-hybridized carbons (Fsp3) is 0.579. The molecule has 0 aliphatic heterocycles. The van der Waals surface area contributed by atoms with Crippen molar-refractivity contribution in [2.24, 2.45) is 5.41 Å². The van der Waals surface area contributed by atoms with E-state index in [-0.39, 0.29) is 5.41 Å². The van der Waals surface area contributed by atoms with Crippen molar-refractivity contribution in [1.29, 1.82) is 0 Å². The summed E-state index contributed by atoms with van der Waals surface area (Å²) in [5, 5.41) is 0. The molecular weight excluding hydrogens is 228 g/mol. The van der Waals surface area contributed by atoms with Crippen LogP contribution < -0.4 is 0 Å². The third-order valence-corrected chi connectivity index (χ3v) is 4.90. The first-order valence-electron chi connectivity index (χ1n) is 7.94. The first-order chi connectivity index (χ1) is 9.14. The van der Waals surface area contributed by atoms with Crippen molar-refractivity contribution in [3.05, 3.63) is 46.1 Å². The molecule has 0 bridgehead atoms. The van der Waals surface area contributed by atoms with E-state index in [0.717, 1.165) is 0 Å². The van der Waals surface area contributed by atoms with Crippen molar-refractivity contribution < 1.29 is 0 Å². The average molecular weight is 256 g/mol. The topological polar surface area (TPSA) is 0 Å². The van der Waals surface area contributed by atoms with Crippen LogP contribution in [0.25, 0.3) is 0 Å². The van der Waals surface area contributed by atoms with Gasteiger partial charge in [-0.05, 0) is 50.2 Å². The lowest BCUT2D eigenvalue weighted by molar-refractivity contribution is 0.511. The lowest BCUT2D eigenvalue weighted by Gasteiger charge is -2.35. The van der Waals surface area contributed by atoms with E-state index >= 15 is 0 Å². The fourth-order valence-electron chi connectivity index (χ4n) is 4.35. The second-order valence-corrected chi connectivity index (χ2v) is 5.85. The van der Waals surface area contributed by atoms with E-state index in [2.05, 4.69) is 52.8 Å². The second kappa shape index (κ2) is 5.53. The third kappa shape index (κ3) is 2.06. The number of hydrogen-bond acceptors (Lipinski definition) is 0. The van der Waals surface area contributed by atoms with E-state index in [0.29, 0.717) is 0 Å². The minimum atomic E-state index is 0.235. The van der Waals surface area contributed by atoms with Crippen LogP contribution in [0.5, 0.6) is 0 Å². The predicted molar refractivity (Wildman–Crippen MR) is 85.2 cm³/mol. The van der Waals surface area contributed by atoms with E-state index in [1.807, 2.05) is 0 Å². The zero-order valence-electron chi connectivity index (χ0n) is 13.3. The van der Waals surface area contributed by atoms with Crippen molar-refractivity contribution in [2.45, 2.75) is 66.7 Å². The molecule has 0 amide bonds. The van der Waals surface area contributed by atoms with Gasteiger partial charge in [-0.15, -0.1) is 0 Å². The third-order valence-electron chi connectivity index (χ3n) is 4.90. The van der Waals surface area contributed by atoms with Crippen molar-refractivity contribution in [2.75, 3.05) is 0 Å². The molecule has 2 aliphatic rings. The second-order valence-electron chi connectivity index (χ2n) is 5.85. The van der Waals surface area contributed by atoms with E-state index < -0.39 is 0 Å². The van der Waals surface area contributed by atoms with Crippen LogP contribution in [-0.4, -0.2) is 0 Å². The minimum absolute atomic E-state index is 0.235. The Morgan fingerprint density at radius 2 is 1.42 bits per heavy atom. The summed E-state index contributed by atoms with van der Waals surface area (Å²) in [5.41, 5.74) is 8.49. The Morgan fingerprint density at radius 3 is 1.79 bits per heavy atom. The van der Waals surface area contributed by atoms with Gasteiger partial charge in [0.05, 0.1) is 0 Å². The normalized spacial score (nSPS) is 21.6. The summed E-state index contributed by atoms with van der Waals surface area (Å²) in [6.07, 6.45) is 13.0. The maximum Gasteiger partial charge on any atom is 0.0352 e. The molecule has 0 atom stereocenters. The van der Waals surface area contributed by atoms with Gasteiger partial charge in [0.15, 0.2) is 0 Å². The highest BCUT2D eigenvalue weighted by Gasteiger charge is 2.42. The Balaban J connectivity index is 2.64. The Kier molecular flexibility index (Phi) is 4.18. The summed E-state index contributed by atoms with van der Waals surface area (Å²) >= 11 is 0. The van der Waals surface area contributed by atoms with E-state index in [1.165, 1.54) is 37.7 Å². The Labute approximate surface area is 119 Å². The summed E-state index contributed by atoms with van der Waals surface area (Å²) < 4.78 is 0. The lowest BCUT2D eigenvalue weighted by atomic mass is 9.68. The van der Waals surface area contributed by atoms with Crippen molar-refractivity contribution >= 4 is 0 Å². The maximum absolute atomic E-state index is 2.48. The van der Waals surface area contributed by atoms with Gasteiger partial charge in [0.25, 0.3) is 0 Å². The molecule has 0 fully saturated rings. The zero-order chi connectivity index (χ0) is 14.0.